The standard InChI is InChI=1S/C22H24N4/c1-3-11-19(12-4-1)23-25-21-15-7-9-17-22(18-10-8-16-21)26-24-20-13-5-2-6-14-20/h1-14,23-24H,15-18H2/b9-7-,10-8-,25-21?,26-22?. The van der Waals surface area contributed by atoms with E-state index >= 15 is 0 Å². The van der Waals surface area contributed by atoms with E-state index in [0.717, 1.165) is 48.5 Å². The molecule has 0 unspecified atom stereocenters. The molecule has 132 valence electrons. The summed E-state index contributed by atoms with van der Waals surface area (Å²) >= 11 is 0. The quantitative estimate of drug-likeness (QED) is 0.559. The molecule has 0 heterocycles. The van der Waals surface area contributed by atoms with Crippen molar-refractivity contribution in [3.8, 4) is 0 Å². The Morgan fingerprint density at radius 3 is 1.19 bits per heavy atom. The van der Waals surface area contributed by atoms with E-state index in [1.54, 1.807) is 0 Å². The molecule has 0 spiro atoms. The Balaban J connectivity index is 1.57. The summed E-state index contributed by atoms with van der Waals surface area (Å²) in [5.74, 6) is 0. The molecule has 2 N–H and O–H groups in total. The first-order valence-electron chi connectivity index (χ1n) is 8.93. The van der Waals surface area contributed by atoms with E-state index in [-0.39, 0.29) is 0 Å². The third-order valence-electron chi connectivity index (χ3n) is 3.98. The minimum Gasteiger partial charge on any atom is -0.279 e. The summed E-state index contributed by atoms with van der Waals surface area (Å²) in [5, 5.41) is 9.09. The van der Waals surface area contributed by atoms with Gasteiger partial charge in [-0.25, -0.2) is 0 Å². The molecule has 4 heteroatoms. The van der Waals surface area contributed by atoms with Crippen LogP contribution in [-0.4, -0.2) is 11.4 Å². The lowest BCUT2D eigenvalue weighted by molar-refractivity contribution is 1.18. The molecule has 4 nitrogen and oxygen atoms in total. The number of hydrogen-bond acceptors (Lipinski definition) is 4. The number of nitrogens with one attached hydrogen (secondary N) is 2. The fourth-order valence-corrected chi connectivity index (χ4v) is 2.54. The van der Waals surface area contributed by atoms with Gasteiger partial charge in [-0.15, -0.1) is 0 Å². The second kappa shape index (κ2) is 9.99. The SMILES string of the molecule is C1=C\CC(=NNc2ccccc2)C/C=C\CC(=NNc2ccccc2)C/1. The van der Waals surface area contributed by atoms with Crippen molar-refractivity contribution in [1.82, 2.24) is 0 Å². The number of hydrogen-bond donors (Lipinski definition) is 2. The van der Waals surface area contributed by atoms with Crippen LogP contribution in [0.1, 0.15) is 25.7 Å². The average molecular weight is 344 g/mol. The molecular formula is C22H24N4. The smallest absolute Gasteiger partial charge is 0.0561 e. The molecule has 0 aromatic heterocycles. The molecule has 1 aliphatic carbocycles. The van der Waals surface area contributed by atoms with Crippen LogP contribution in [0.5, 0.6) is 0 Å². The van der Waals surface area contributed by atoms with Crippen molar-refractivity contribution in [2.45, 2.75) is 25.7 Å². The fourth-order valence-electron chi connectivity index (χ4n) is 2.54. The van der Waals surface area contributed by atoms with Crippen molar-refractivity contribution < 1.29 is 0 Å². The van der Waals surface area contributed by atoms with Crippen molar-refractivity contribution in [3.05, 3.63) is 85.0 Å². The Morgan fingerprint density at radius 2 is 0.846 bits per heavy atom. The highest BCUT2D eigenvalue weighted by atomic mass is 15.3. The second-order valence-corrected chi connectivity index (χ2v) is 6.07. The first-order valence-corrected chi connectivity index (χ1v) is 8.93. The van der Waals surface area contributed by atoms with E-state index in [1.165, 1.54) is 0 Å². The summed E-state index contributed by atoms with van der Waals surface area (Å²) in [6.45, 7) is 0. The minimum atomic E-state index is 0.837. The van der Waals surface area contributed by atoms with E-state index in [1.807, 2.05) is 60.7 Å². The minimum absolute atomic E-state index is 0.837. The number of nitrogens with zero attached hydrogens (tertiary/aromatic N) is 2. The van der Waals surface area contributed by atoms with Crippen LogP contribution in [0.2, 0.25) is 0 Å². The van der Waals surface area contributed by atoms with Gasteiger partial charge in [-0.2, -0.15) is 10.2 Å². The van der Waals surface area contributed by atoms with E-state index in [9.17, 15) is 0 Å². The molecule has 0 amide bonds. The fraction of sp³-hybridized carbons (Fsp3) is 0.182. The van der Waals surface area contributed by atoms with Crippen LogP contribution >= 0.6 is 0 Å². The van der Waals surface area contributed by atoms with Gasteiger partial charge in [0.15, 0.2) is 0 Å². The van der Waals surface area contributed by atoms with E-state index in [4.69, 9.17) is 0 Å². The average Bonchev–Trinajstić information content (AvgIpc) is 2.71. The number of rotatable bonds is 4. The van der Waals surface area contributed by atoms with E-state index in [0.29, 0.717) is 0 Å². The zero-order chi connectivity index (χ0) is 17.9. The molecular weight excluding hydrogens is 320 g/mol. The zero-order valence-corrected chi connectivity index (χ0v) is 14.8. The Kier molecular flexibility index (Phi) is 6.79. The Bertz CT molecular complexity index is 700. The predicted molar refractivity (Wildman–Crippen MR) is 112 cm³/mol. The summed E-state index contributed by atoms with van der Waals surface area (Å²) in [7, 11) is 0. The summed E-state index contributed by atoms with van der Waals surface area (Å²) < 4.78 is 0. The molecule has 1 aliphatic rings. The first kappa shape index (κ1) is 17.7. The van der Waals surface area contributed by atoms with Crippen molar-refractivity contribution in [3.63, 3.8) is 0 Å². The number of para-hydroxylation sites is 2. The third kappa shape index (κ3) is 6.06. The maximum absolute atomic E-state index is 4.54. The van der Waals surface area contributed by atoms with E-state index < -0.39 is 0 Å². The number of benzene rings is 2. The molecule has 0 aliphatic heterocycles. The van der Waals surface area contributed by atoms with Gasteiger partial charge < -0.3 is 0 Å². The summed E-state index contributed by atoms with van der Waals surface area (Å²) in [5.41, 5.74) is 10.5. The molecule has 0 atom stereocenters. The number of hydrazone groups is 2. The maximum atomic E-state index is 4.54. The second-order valence-electron chi connectivity index (χ2n) is 6.07. The van der Waals surface area contributed by atoms with Crippen molar-refractivity contribution in [2.24, 2.45) is 10.2 Å². The van der Waals surface area contributed by atoms with Crippen LogP contribution in [-0.2, 0) is 0 Å². The molecule has 0 saturated heterocycles. The largest absolute Gasteiger partial charge is 0.279 e. The Morgan fingerprint density at radius 1 is 0.500 bits per heavy atom. The number of anilines is 2. The molecule has 0 bridgehead atoms. The van der Waals surface area contributed by atoms with Crippen molar-refractivity contribution >= 4 is 22.8 Å². The van der Waals surface area contributed by atoms with Gasteiger partial charge in [-0.05, 0) is 24.3 Å². The highest BCUT2D eigenvalue weighted by Crippen LogP contribution is 2.10. The lowest BCUT2D eigenvalue weighted by Gasteiger charge is -2.07. The lowest BCUT2D eigenvalue weighted by atomic mass is 10.1. The van der Waals surface area contributed by atoms with E-state index in [2.05, 4.69) is 45.4 Å². The van der Waals surface area contributed by atoms with Crippen molar-refractivity contribution in [2.75, 3.05) is 10.9 Å². The molecule has 26 heavy (non-hydrogen) atoms. The van der Waals surface area contributed by atoms with Gasteiger partial charge in [0.1, 0.15) is 0 Å². The Hall–Kier alpha value is -3.14. The van der Waals surface area contributed by atoms with Crippen LogP contribution in [0.15, 0.2) is 95.2 Å². The summed E-state index contributed by atoms with van der Waals surface area (Å²) in [4.78, 5) is 0. The molecule has 2 aromatic carbocycles. The summed E-state index contributed by atoms with van der Waals surface area (Å²) in [6, 6.07) is 20.0. The van der Waals surface area contributed by atoms with Crippen LogP contribution in [0, 0.1) is 0 Å². The highest BCUT2D eigenvalue weighted by Gasteiger charge is 2.01. The molecule has 2 aromatic rings. The normalized spacial score (nSPS) is 17.1. The number of allylic oxidation sites excluding steroid dienone is 4. The lowest BCUT2D eigenvalue weighted by Crippen LogP contribution is -2.04. The van der Waals surface area contributed by atoms with Gasteiger partial charge in [-0.3, -0.25) is 10.9 Å². The first-order chi connectivity index (χ1) is 12.9. The molecule has 0 radical (unpaired) electrons. The molecule has 3 rings (SSSR count). The van der Waals surface area contributed by atoms with Gasteiger partial charge in [0.2, 0.25) is 0 Å². The predicted octanol–water partition coefficient (Wildman–Crippen LogP) is 5.61. The van der Waals surface area contributed by atoms with Gasteiger partial charge in [0.25, 0.3) is 0 Å². The maximum Gasteiger partial charge on any atom is 0.0561 e. The van der Waals surface area contributed by atoms with Gasteiger partial charge >= 0.3 is 0 Å². The van der Waals surface area contributed by atoms with Crippen LogP contribution in [0.3, 0.4) is 0 Å². The monoisotopic (exact) mass is 344 g/mol. The Labute approximate surface area is 155 Å². The topological polar surface area (TPSA) is 48.8 Å². The van der Waals surface area contributed by atoms with Crippen LogP contribution in [0.4, 0.5) is 11.4 Å². The van der Waals surface area contributed by atoms with Crippen LogP contribution < -0.4 is 10.9 Å². The zero-order valence-electron chi connectivity index (χ0n) is 14.8. The molecule has 0 fully saturated rings. The summed E-state index contributed by atoms with van der Waals surface area (Å²) in [6.07, 6.45) is 12.0. The molecule has 0 saturated carbocycles. The highest BCUT2D eigenvalue weighted by molar-refractivity contribution is 5.90. The van der Waals surface area contributed by atoms with Gasteiger partial charge in [0.05, 0.1) is 11.4 Å². The van der Waals surface area contributed by atoms with Crippen molar-refractivity contribution in [1.29, 1.82) is 0 Å². The van der Waals surface area contributed by atoms with Crippen LogP contribution in [0.25, 0.3) is 0 Å². The van der Waals surface area contributed by atoms with Gasteiger partial charge in [-0.1, -0.05) is 60.7 Å². The van der Waals surface area contributed by atoms with Gasteiger partial charge in [0, 0.05) is 37.1 Å². The third-order valence-corrected chi connectivity index (χ3v) is 3.98.